The van der Waals surface area contributed by atoms with Gasteiger partial charge in [-0.3, -0.25) is 0 Å². The van der Waals surface area contributed by atoms with Crippen molar-refractivity contribution < 1.29 is 28.8 Å². The van der Waals surface area contributed by atoms with Crippen molar-refractivity contribution >= 4 is 36.2 Å². The lowest BCUT2D eigenvalue weighted by molar-refractivity contribution is 0.110. The van der Waals surface area contributed by atoms with Crippen LogP contribution in [0.1, 0.15) is 154 Å². The van der Waals surface area contributed by atoms with Crippen molar-refractivity contribution in [3.63, 3.8) is 0 Å². The first-order valence-corrected chi connectivity index (χ1v) is 26.7. The van der Waals surface area contributed by atoms with Crippen molar-refractivity contribution in [3.05, 3.63) is 0 Å². The van der Waals surface area contributed by atoms with Gasteiger partial charge in [0, 0.05) is 0 Å². The summed E-state index contributed by atoms with van der Waals surface area (Å²) in [6.45, 7) is 1.32. The van der Waals surface area contributed by atoms with Crippen LogP contribution in [0, 0.1) is 0 Å². The summed E-state index contributed by atoms with van der Waals surface area (Å²) in [5.74, 6) is 0. The number of hydrogen-bond donors (Lipinski definition) is 0. The molecule has 0 aromatic rings. The molecule has 18 heteroatoms. The van der Waals surface area contributed by atoms with Gasteiger partial charge in [0.15, 0.2) is 0 Å². The highest BCUT2D eigenvalue weighted by molar-refractivity contribution is 5.85. The van der Waals surface area contributed by atoms with Gasteiger partial charge in [-0.25, -0.2) is 28.8 Å². The molecule has 12 bridgehead atoms. The van der Waals surface area contributed by atoms with E-state index in [4.69, 9.17) is 0 Å². The molecule has 13 aliphatic rings. The molecule has 13 rings (SSSR count). The number of urea groups is 6. The molecule has 0 aromatic heterocycles. The molecule has 12 amide bonds. The van der Waals surface area contributed by atoms with Crippen LogP contribution in [0.25, 0.3) is 0 Å². The lowest BCUT2D eigenvalue weighted by Crippen LogP contribution is -2.50. The van der Waals surface area contributed by atoms with Crippen LogP contribution in [-0.4, -0.2) is 207 Å². The van der Waals surface area contributed by atoms with Crippen LogP contribution in [0.4, 0.5) is 28.8 Å². The van der Waals surface area contributed by atoms with Gasteiger partial charge < -0.3 is 58.8 Å². The second-order valence-electron chi connectivity index (χ2n) is 22.7. The standard InChI is InChI=1S/C48H72N12O6/c61-43-49-25-51-33-15-3-4-16-34(33)53(44(51)62)27-55-37-19-7-8-20-38(37)57(46(55)64)29-59-41-23-11-12-24-42(41)60(48(59)66)30-58-40-22-10-9-21-39(40)56(47(58)65)28-54-36-18-6-5-17-35(36)52(45(54)63)26-50(43)32-14-2-1-13-31(32)49/h31-42H,1-30H2/t31-,32+,33-,34+,35+,36-,37+,38-,39-,40+,41-,42+. The van der Waals surface area contributed by atoms with Crippen molar-refractivity contribution in [2.75, 3.05) is 40.0 Å². The number of hydrogen-bond acceptors (Lipinski definition) is 6. The highest BCUT2D eigenvalue weighted by atomic mass is 16.2. The van der Waals surface area contributed by atoms with Crippen LogP contribution in [0.5, 0.6) is 0 Å². The van der Waals surface area contributed by atoms with Crippen LogP contribution in [-0.2, 0) is 0 Å². The highest BCUT2D eigenvalue weighted by Gasteiger charge is 2.59. The molecule has 0 spiro atoms. The molecule has 13 fully saturated rings. The fraction of sp³-hybridized carbons (Fsp3) is 0.875. The van der Waals surface area contributed by atoms with Crippen molar-refractivity contribution in [1.29, 1.82) is 0 Å². The molecule has 6 aliphatic carbocycles. The van der Waals surface area contributed by atoms with Gasteiger partial charge in [0.05, 0.1) is 113 Å². The Labute approximate surface area is 389 Å². The Hall–Kier alpha value is -4.38. The van der Waals surface area contributed by atoms with Crippen molar-refractivity contribution in [2.45, 2.75) is 227 Å². The van der Waals surface area contributed by atoms with Gasteiger partial charge in [0.25, 0.3) is 0 Å². The summed E-state index contributed by atoms with van der Waals surface area (Å²) >= 11 is 0. The normalized spacial score (nSPS) is 40.5. The zero-order chi connectivity index (χ0) is 44.5. The second kappa shape index (κ2) is 16.1. The molecule has 66 heavy (non-hydrogen) atoms. The molecule has 0 aromatic carbocycles. The Morgan fingerprint density at radius 2 is 0.273 bits per heavy atom. The maximum atomic E-state index is 15.0. The van der Waals surface area contributed by atoms with Gasteiger partial charge in [0.1, 0.15) is 0 Å². The summed E-state index contributed by atoms with van der Waals surface area (Å²) in [4.78, 5) is 114. The van der Waals surface area contributed by atoms with Crippen molar-refractivity contribution in [2.24, 2.45) is 0 Å². The number of fused-ring (bicyclic) bond motifs is 30. The van der Waals surface area contributed by atoms with Crippen molar-refractivity contribution in [1.82, 2.24) is 58.8 Å². The monoisotopic (exact) mass is 913 g/mol. The van der Waals surface area contributed by atoms with Gasteiger partial charge in [-0.2, -0.15) is 0 Å². The smallest absolute Gasteiger partial charge is 0.302 e. The lowest BCUT2D eigenvalue weighted by atomic mass is 9.89. The predicted molar refractivity (Wildman–Crippen MR) is 240 cm³/mol. The molecule has 7 heterocycles. The second-order valence-corrected chi connectivity index (χ2v) is 22.7. The molecule has 12 atom stereocenters. The first-order valence-electron chi connectivity index (χ1n) is 26.7. The summed E-state index contributed by atoms with van der Waals surface area (Å²) in [5, 5.41) is 0. The lowest BCUT2D eigenvalue weighted by Gasteiger charge is -2.37. The molecule has 0 radical (unpaired) electrons. The minimum absolute atomic E-state index is 0.0405. The van der Waals surface area contributed by atoms with E-state index in [-0.39, 0.29) is 149 Å². The minimum atomic E-state index is -0.0841. The quantitative estimate of drug-likeness (QED) is 0.291. The summed E-state index contributed by atoms with van der Waals surface area (Å²) < 4.78 is 0. The molecule has 18 nitrogen and oxygen atoms in total. The molecule has 7 aliphatic heterocycles. The Kier molecular flexibility index (Phi) is 10.2. The summed E-state index contributed by atoms with van der Waals surface area (Å²) in [7, 11) is 0. The van der Waals surface area contributed by atoms with E-state index in [1.54, 1.807) is 0 Å². The average molecular weight is 913 g/mol. The maximum absolute atomic E-state index is 15.0. The summed E-state index contributed by atoms with van der Waals surface area (Å²) in [6, 6.07) is -0.991. The third-order valence-electron chi connectivity index (χ3n) is 19.7. The van der Waals surface area contributed by atoms with Gasteiger partial charge in [-0.05, 0) is 77.0 Å². The Balaban J connectivity index is 0.880. The van der Waals surface area contributed by atoms with Crippen LogP contribution in [0.2, 0.25) is 0 Å². The first-order chi connectivity index (χ1) is 32.3. The zero-order valence-corrected chi connectivity index (χ0v) is 39.0. The van der Waals surface area contributed by atoms with E-state index in [0.29, 0.717) is 0 Å². The number of carbonyl (C=O) groups excluding carboxylic acids is 6. The number of rotatable bonds is 0. The molecule has 0 N–H and O–H groups in total. The molecule has 7 saturated heterocycles. The Morgan fingerprint density at radius 1 is 0.182 bits per heavy atom. The SMILES string of the molecule is O=C1N2CN3C(=O)N(CN4C(=O)N(CN5C(=O)N(CN6C(=O)N(CN7C(=O)N(CN1[C@H]1CCCC[C@H]12)[C@H]1CCCC[C@H]17)[C@@H]1CCCC[C@@H]16)[C@H]1CCCC[C@H]15)[C@@H]1CCCC[C@@H]14)[C@H]1CCCC[C@H]13. The van der Waals surface area contributed by atoms with E-state index in [1.165, 1.54) is 0 Å². The number of carbonyl (C=O) groups is 6. The van der Waals surface area contributed by atoms with E-state index in [1.807, 2.05) is 58.8 Å². The maximum Gasteiger partial charge on any atom is 0.323 e. The van der Waals surface area contributed by atoms with Crippen molar-refractivity contribution in [3.8, 4) is 0 Å². The van der Waals surface area contributed by atoms with E-state index in [9.17, 15) is 0 Å². The van der Waals surface area contributed by atoms with E-state index in [0.717, 1.165) is 154 Å². The predicted octanol–water partition coefficient (Wildman–Crippen LogP) is 6.04. The van der Waals surface area contributed by atoms with E-state index >= 15 is 28.8 Å². The fourth-order valence-corrected chi connectivity index (χ4v) is 16.6. The average Bonchev–Trinajstić information content (AvgIpc) is 4.10. The molecule has 6 saturated carbocycles. The Bertz CT molecular complexity index is 1530. The zero-order valence-electron chi connectivity index (χ0n) is 39.0. The number of amides is 12. The van der Waals surface area contributed by atoms with Crippen LogP contribution in [0.15, 0.2) is 0 Å². The van der Waals surface area contributed by atoms with E-state index in [2.05, 4.69) is 0 Å². The topological polar surface area (TPSA) is 141 Å². The molecular weight excluding hydrogens is 841 g/mol. The van der Waals surface area contributed by atoms with Crippen LogP contribution in [0.3, 0.4) is 0 Å². The largest absolute Gasteiger partial charge is 0.323 e. The molecular formula is C48H72N12O6. The summed E-state index contributed by atoms with van der Waals surface area (Å²) in [6.07, 6.45) is 22.7. The third-order valence-corrected chi connectivity index (χ3v) is 19.7. The Morgan fingerprint density at radius 3 is 0.364 bits per heavy atom. The van der Waals surface area contributed by atoms with Crippen LogP contribution < -0.4 is 0 Å². The molecule has 0 unspecified atom stereocenters. The minimum Gasteiger partial charge on any atom is -0.302 e. The third kappa shape index (κ3) is 6.21. The molecule has 360 valence electrons. The fourth-order valence-electron chi connectivity index (χ4n) is 16.6. The number of nitrogens with zero attached hydrogens (tertiary/aromatic N) is 12. The first kappa shape index (κ1) is 41.8. The van der Waals surface area contributed by atoms with Gasteiger partial charge in [0.2, 0.25) is 0 Å². The highest BCUT2D eigenvalue weighted by Crippen LogP contribution is 2.45. The van der Waals surface area contributed by atoms with Crippen LogP contribution >= 0.6 is 0 Å². The van der Waals surface area contributed by atoms with E-state index < -0.39 is 0 Å². The summed E-state index contributed by atoms with van der Waals surface area (Å²) in [5.41, 5.74) is 0. The van der Waals surface area contributed by atoms with Gasteiger partial charge in [-0.15, -0.1) is 0 Å². The van der Waals surface area contributed by atoms with Gasteiger partial charge >= 0.3 is 36.2 Å². The van der Waals surface area contributed by atoms with Gasteiger partial charge in [-0.1, -0.05) is 77.0 Å².